The van der Waals surface area contributed by atoms with Gasteiger partial charge in [0, 0.05) is 19.5 Å². The maximum Gasteiger partial charge on any atom is 0.303 e. The van der Waals surface area contributed by atoms with E-state index in [4.69, 9.17) is 5.11 Å². The van der Waals surface area contributed by atoms with Gasteiger partial charge in [-0.2, -0.15) is 0 Å². The summed E-state index contributed by atoms with van der Waals surface area (Å²) in [4.78, 5) is 24.5. The SMILES string of the molecule is Cc1ccc(O)c(C(=O)N2CCC(CC(=O)O)C2)c1. The van der Waals surface area contributed by atoms with Crippen molar-refractivity contribution in [2.24, 2.45) is 5.92 Å². The van der Waals surface area contributed by atoms with Gasteiger partial charge in [0.1, 0.15) is 5.75 Å². The number of aromatic hydroxyl groups is 1. The zero-order chi connectivity index (χ0) is 14.0. The summed E-state index contributed by atoms with van der Waals surface area (Å²) in [6.07, 6.45) is 0.786. The van der Waals surface area contributed by atoms with Crippen molar-refractivity contribution >= 4 is 11.9 Å². The molecule has 1 aliphatic heterocycles. The predicted octanol–water partition coefficient (Wildman–Crippen LogP) is 1.64. The number of hydrogen-bond acceptors (Lipinski definition) is 3. The monoisotopic (exact) mass is 263 g/mol. The number of benzene rings is 1. The molecular weight excluding hydrogens is 246 g/mol. The Bertz CT molecular complexity index is 512. The Labute approximate surface area is 111 Å². The number of aliphatic carboxylic acids is 1. The number of carbonyl (C=O) groups excluding carboxylic acids is 1. The molecule has 1 aromatic rings. The van der Waals surface area contributed by atoms with Crippen LogP contribution in [0.25, 0.3) is 0 Å². The molecule has 5 nitrogen and oxygen atoms in total. The highest BCUT2D eigenvalue weighted by atomic mass is 16.4. The largest absolute Gasteiger partial charge is 0.507 e. The maximum absolute atomic E-state index is 12.3. The van der Waals surface area contributed by atoms with Gasteiger partial charge in [0.15, 0.2) is 0 Å². The first kappa shape index (κ1) is 13.4. The molecule has 1 unspecified atom stereocenters. The molecule has 0 saturated carbocycles. The number of aryl methyl sites for hydroxylation is 1. The van der Waals surface area contributed by atoms with E-state index in [-0.39, 0.29) is 29.6 Å². The van der Waals surface area contributed by atoms with Crippen LogP contribution in [0.15, 0.2) is 18.2 Å². The third-order valence-electron chi connectivity index (χ3n) is 3.42. The van der Waals surface area contributed by atoms with E-state index in [1.165, 1.54) is 6.07 Å². The molecule has 1 fully saturated rings. The molecule has 0 aromatic heterocycles. The van der Waals surface area contributed by atoms with E-state index in [1.807, 2.05) is 6.92 Å². The van der Waals surface area contributed by atoms with Gasteiger partial charge in [0.2, 0.25) is 0 Å². The lowest BCUT2D eigenvalue weighted by Gasteiger charge is -2.17. The second-order valence-corrected chi connectivity index (χ2v) is 5.02. The number of nitrogens with zero attached hydrogens (tertiary/aromatic N) is 1. The standard InChI is InChI=1S/C14H17NO4/c1-9-2-3-12(16)11(6-9)14(19)15-5-4-10(8-15)7-13(17)18/h2-3,6,10,16H,4-5,7-8H2,1H3,(H,17,18). The Morgan fingerprint density at radius 2 is 2.16 bits per heavy atom. The zero-order valence-corrected chi connectivity index (χ0v) is 10.8. The Morgan fingerprint density at radius 3 is 2.84 bits per heavy atom. The molecule has 19 heavy (non-hydrogen) atoms. The average Bonchev–Trinajstić information content (AvgIpc) is 2.79. The number of carboxylic acids is 1. The molecule has 0 radical (unpaired) electrons. The van der Waals surface area contributed by atoms with E-state index in [1.54, 1.807) is 17.0 Å². The van der Waals surface area contributed by atoms with Gasteiger partial charge in [0.25, 0.3) is 5.91 Å². The third kappa shape index (κ3) is 3.05. The summed E-state index contributed by atoms with van der Waals surface area (Å²) in [6, 6.07) is 4.90. The predicted molar refractivity (Wildman–Crippen MR) is 69.1 cm³/mol. The average molecular weight is 263 g/mol. The molecule has 1 atom stereocenters. The molecule has 0 spiro atoms. The quantitative estimate of drug-likeness (QED) is 0.869. The summed E-state index contributed by atoms with van der Waals surface area (Å²) in [5, 5.41) is 18.5. The Hall–Kier alpha value is -2.04. The third-order valence-corrected chi connectivity index (χ3v) is 3.42. The van der Waals surface area contributed by atoms with Crippen LogP contribution in [0.1, 0.15) is 28.8 Å². The first-order valence-electron chi connectivity index (χ1n) is 6.28. The van der Waals surface area contributed by atoms with Gasteiger partial charge in [-0.05, 0) is 31.4 Å². The number of hydrogen-bond donors (Lipinski definition) is 2. The lowest BCUT2D eigenvalue weighted by atomic mass is 10.1. The summed E-state index contributed by atoms with van der Waals surface area (Å²) in [5.41, 5.74) is 1.19. The molecule has 2 rings (SSSR count). The van der Waals surface area contributed by atoms with E-state index in [0.717, 1.165) is 5.56 Å². The fourth-order valence-electron chi connectivity index (χ4n) is 2.42. The van der Waals surface area contributed by atoms with Crippen molar-refractivity contribution in [1.29, 1.82) is 0 Å². The second kappa shape index (κ2) is 5.30. The number of rotatable bonds is 3. The summed E-state index contributed by atoms with van der Waals surface area (Å²) >= 11 is 0. The van der Waals surface area contributed by atoms with Crippen LogP contribution < -0.4 is 0 Å². The lowest BCUT2D eigenvalue weighted by Crippen LogP contribution is -2.29. The van der Waals surface area contributed by atoms with Crippen LogP contribution in [0.5, 0.6) is 5.75 Å². The van der Waals surface area contributed by atoms with Crippen molar-refractivity contribution in [2.75, 3.05) is 13.1 Å². The van der Waals surface area contributed by atoms with Crippen LogP contribution in [0.4, 0.5) is 0 Å². The van der Waals surface area contributed by atoms with E-state index >= 15 is 0 Å². The van der Waals surface area contributed by atoms with Crippen LogP contribution in [0.3, 0.4) is 0 Å². The van der Waals surface area contributed by atoms with E-state index < -0.39 is 5.97 Å². The fraction of sp³-hybridized carbons (Fsp3) is 0.429. The van der Waals surface area contributed by atoms with Crippen molar-refractivity contribution in [2.45, 2.75) is 19.8 Å². The number of phenolic OH excluding ortho intramolecular Hbond substituents is 1. The number of carboxylic acid groups (broad SMARTS) is 1. The molecule has 0 aliphatic carbocycles. The van der Waals surface area contributed by atoms with Gasteiger partial charge >= 0.3 is 5.97 Å². The van der Waals surface area contributed by atoms with Crippen LogP contribution in [-0.2, 0) is 4.79 Å². The molecule has 1 aliphatic rings. The highest BCUT2D eigenvalue weighted by Crippen LogP contribution is 2.25. The molecule has 2 N–H and O–H groups in total. The highest BCUT2D eigenvalue weighted by Gasteiger charge is 2.29. The van der Waals surface area contributed by atoms with Crippen molar-refractivity contribution in [3.8, 4) is 5.75 Å². The first-order valence-corrected chi connectivity index (χ1v) is 6.28. The summed E-state index contributed by atoms with van der Waals surface area (Å²) in [6.45, 7) is 2.84. The fourth-order valence-corrected chi connectivity index (χ4v) is 2.42. The van der Waals surface area contributed by atoms with Crippen molar-refractivity contribution < 1.29 is 19.8 Å². The van der Waals surface area contributed by atoms with Crippen molar-refractivity contribution in [3.05, 3.63) is 29.3 Å². The van der Waals surface area contributed by atoms with E-state index in [2.05, 4.69) is 0 Å². The van der Waals surface area contributed by atoms with Crippen LogP contribution in [0.2, 0.25) is 0 Å². The number of carbonyl (C=O) groups is 2. The van der Waals surface area contributed by atoms with Gasteiger partial charge in [-0.25, -0.2) is 0 Å². The zero-order valence-electron chi connectivity index (χ0n) is 10.8. The lowest BCUT2D eigenvalue weighted by molar-refractivity contribution is -0.138. The Balaban J connectivity index is 2.09. The molecule has 102 valence electrons. The van der Waals surface area contributed by atoms with Crippen LogP contribution >= 0.6 is 0 Å². The first-order chi connectivity index (χ1) is 8.97. The smallest absolute Gasteiger partial charge is 0.303 e. The molecule has 0 bridgehead atoms. The van der Waals surface area contributed by atoms with E-state index in [0.29, 0.717) is 19.5 Å². The van der Waals surface area contributed by atoms with Gasteiger partial charge in [-0.1, -0.05) is 11.6 Å². The van der Waals surface area contributed by atoms with Gasteiger partial charge in [-0.15, -0.1) is 0 Å². The van der Waals surface area contributed by atoms with E-state index in [9.17, 15) is 14.7 Å². The number of likely N-dealkylation sites (tertiary alicyclic amines) is 1. The summed E-state index contributed by atoms with van der Waals surface area (Å²) < 4.78 is 0. The van der Waals surface area contributed by atoms with Gasteiger partial charge < -0.3 is 15.1 Å². The van der Waals surface area contributed by atoms with Gasteiger partial charge in [-0.3, -0.25) is 9.59 Å². The number of phenols is 1. The number of amides is 1. The van der Waals surface area contributed by atoms with Crippen LogP contribution in [-0.4, -0.2) is 40.1 Å². The van der Waals surface area contributed by atoms with Crippen molar-refractivity contribution in [3.63, 3.8) is 0 Å². The molecule has 1 amide bonds. The summed E-state index contributed by atoms with van der Waals surface area (Å²) in [7, 11) is 0. The minimum absolute atomic E-state index is 0.00778. The van der Waals surface area contributed by atoms with Crippen LogP contribution in [0, 0.1) is 12.8 Å². The molecule has 1 saturated heterocycles. The molecule has 1 heterocycles. The molecular formula is C14H17NO4. The van der Waals surface area contributed by atoms with Gasteiger partial charge in [0.05, 0.1) is 5.56 Å². The minimum Gasteiger partial charge on any atom is -0.507 e. The van der Waals surface area contributed by atoms with Crippen molar-refractivity contribution in [1.82, 2.24) is 4.90 Å². The normalized spacial score (nSPS) is 18.6. The Morgan fingerprint density at radius 1 is 1.42 bits per heavy atom. The highest BCUT2D eigenvalue weighted by molar-refractivity contribution is 5.97. The molecule has 5 heteroatoms. The summed E-state index contributed by atoms with van der Waals surface area (Å²) in [5.74, 6) is -1.09. The topological polar surface area (TPSA) is 77.8 Å². The maximum atomic E-state index is 12.3. The molecule has 1 aromatic carbocycles. The minimum atomic E-state index is -0.835. The Kier molecular flexibility index (Phi) is 3.74. The second-order valence-electron chi connectivity index (χ2n) is 5.02.